The molecule has 0 saturated carbocycles. The molecule has 1 aliphatic rings. The van der Waals surface area contributed by atoms with Gasteiger partial charge in [-0.1, -0.05) is 137 Å². The maximum Gasteiger partial charge on any atom is 0.356 e. The Bertz CT molecular complexity index is 2580. The average Bonchev–Trinajstić information content (AvgIpc) is 3.90. The molecular weight excluding hydrogens is 860 g/mol. The number of benzene rings is 3. The van der Waals surface area contributed by atoms with E-state index in [0.717, 1.165) is 15.9 Å². The summed E-state index contributed by atoms with van der Waals surface area (Å²) in [5, 5.41) is 2.38. The highest BCUT2D eigenvalue weighted by Gasteiger charge is 2.59. The summed E-state index contributed by atoms with van der Waals surface area (Å²) in [5.74, 6) is -4.19. The molecule has 1 aliphatic heterocycles. The van der Waals surface area contributed by atoms with E-state index in [4.69, 9.17) is 23.6 Å². The first-order valence-electron chi connectivity index (χ1n) is 21.3. The number of carbonyl (C=O) groups excluding carboxylic acids is 3. The number of methoxy groups -OCH3 is 2. The van der Waals surface area contributed by atoms with Crippen molar-refractivity contribution in [3.63, 3.8) is 0 Å². The number of Topliss-reactive ketones (excluding diaryl/α,β-unsaturated/α-hetero) is 1. The first kappa shape index (κ1) is 46.7. The zero-order valence-corrected chi connectivity index (χ0v) is 40.6. The van der Waals surface area contributed by atoms with Gasteiger partial charge in [0.2, 0.25) is 11.7 Å². The summed E-state index contributed by atoms with van der Waals surface area (Å²) in [6.45, 7) is 15.0. The van der Waals surface area contributed by atoms with Gasteiger partial charge in [-0.3, -0.25) is 19.0 Å². The van der Waals surface area contributed by atoms with Crippen molar-refractivity contribution in [2.75, 3.05) is 20.8 Å². The highest BCUT2D eigenvalue weighted by Crippen LogP contribution is 2.52. The molecule has 0 radical (unpaired) electrons. The van der Waals surface area contributed by atoms with Gasteiger partial charge >= 0.3 is 5.97 Å². The number of nitrogens with zero attached hydrogens (tertiary/aromatic N) is 4. The highest BCUT2D eigenvalue weighted by atomic mass is 32.1. The third-order valence-electron chi connectivity index (χ3n) is 12.8. The molecule has 3 aromatic heterocycles. The summed E-state index contributed by atoms with van der Waals surface area (Å²) in [7, 11) is 0.626. The van der Waals surface area contributed by atoms with Crippen LogP contribution >= 0.6 is 18.2 Å². The van der Waals surface area contributed by atoms with Crippen LogP contribution in [0, 0.1) is 11.8 Å². The molecular formula is C50H57N4O7PSSi. The summed E-state index contributed by atoms with van der Waals surface area (Å²) >= 11 is 1.26. The molecule has 0 bridgehead atoms. The van der Waals surface area contributed by atoms with Gasteiger partial charge in [0.1, 0.15) is 28.9 Å². The van der Waals surface area contributed by atoms with Crippen LogP contribution in [0.1, 0.15) is 55.5 Å². The molecule has 1 saturated heterocycles. The zero-order valence-electron chi connectivity index (χ0n) is 37.9. The Labute approximate surface area is 381 Å². The second kappa shape index (κ2) is 18.7. The maximum atomic E-state index is 15.5. The minimum atomic E-state index is -3.27. The van der Waals surface area contributed by atoms with Gasteiger partial charge in [0.25, 0.3) is 0 Å². The highest BCUT2D eigenvalue weighted by molar-refractivity contribution is 7.96. The fourth-order valence-electron chi connectivity index (χ4n) is 8.60. The summed E-state index contributed by atoms with van der Waals surface area (Å²) in [5.41, 5.74) is 1.28. The standard InChI is InChI=1S/C50H57N4O7PSSi/c1-11-30-60-48(57)46(62(37-23-15-12-16-24-37,38-25-17-13-18-26-38)39-27-19-14-20-28-39)54-42(41(45(54)56)35(3)61-64(9,10)49(4,5)6)34(2)43(55)40-32-53-33-52-44(47(53)63-40)50(58-7,59-8)36-22-21-29-51-31-36/h11-29,31-35,41-42H,1,30H2,2-10H3/t34-,35-,41-,42-/m1/s1. The van der Waals surface area contributed by atoms with E-state index in [9.17, 15) is 0 Å². The predicted molar refractivity (Wildman–Crippen MR) is 259 cm³/mol. The number of aromatic nitrogens is 3. The van der Waals surface area contributed by atoms with Gasteiger partial charge < -0.3 is 23.5 Å². The second-order valence-corrected chi connectivity index (χ2v) is 26.6. The van der Waals surface area contributed by atoms with Gasteiger partial charge in [-0.2, -0.15) is 0 Å². The minimum absolute atomic E-state index is 0.0853. The lowest BCUT2D eigenvalue weighted by Gasteiger charge is -2.54. The number of likely N-dealkylation sites (tertiary alicyclic amines) is 1. The summed E-state index contributed by atoms with van der Waals surface area (Å²) < 4.78 is 26.9. The molecule has 0 N–H and O–H groups in total. The number of imidazole rings is 1. The van der Waals surface area contributed by atoms with Gasteiger partial charge in [-0.25, -0.2) is 9.78 Å². The average molecular weight is 917 g/mol. The second-order valence-electron chi connectivity index (χ2n) is 17.5. The molecule has 14 heteroatoms. The van der Waals surface area contributed by atoms with Crippen LogP contribution in [0.25, 0.3) is 4.83 Å². The Morgan fingerprint density at radius 2 is 1.45 bits per heavy atom. The minimum Gasteiger partial charge on any atom is -0.457 e. The predicted octanol–water partition coefficient (Wildman–Crippen LogP) is 8.19. The maximum absolute atomic E-state index is 15.5. The van der Waals surface area contributed by atoms with E-state index in [1.54, 1.807) is 40.3 Å². The Kier molecular flexibility index (Phi) is 13.6. The number of ketones is 1. The van der Waals surface area contributed by atoms with E-state index >= 15 is 14.4 Å². The molecule has 6 aromatic rings. The molecule has 7 rings (SSSR count). The van der Waals surface area contributed by atoms with Gasteiger partial charge in [0.15, 0.2) is 14.1 Å². The van der Waals surface area contributed by atoms with Crippen molar-refractivity contribution in [2.24, 2.45) is 11.8 Å². The topological polar surface area (TPSA) is 122 Å². The summed E-state index contributed by atoms with van der Waals surface area (Å²) in [6, 6.07) is 32.3. The van der Waals surface area contributed by atoms with E-state index in [0.29, 0.717) is 21.0 Å². The molecule has 1 fully saturated rings. The van der Waals surface area contributed by atoms with Crippen molar-refractivity contribution in [2.45, 2.75) is 70.7 Å². The fraction of sp³-hybridized carbons (Fsp3) is 0.320. The van der Waals surface area contributed by atoms with Crippen molar-refractivity contribution < 1.29 is 33.0 Å². The van der Waals surface area contributed by atoms with Gasteiger partial charge in [0.05, 0.1) is 22.9 Å². The lowest BCUT2D eigenvalue weighted by molar-refractivity contribution is -0.185. The van der Waals surface area contributed by atoms with E-state index in [-0.39, 0.29) is 28.8 Å². The lowest BCUT2D eigenvalue weighted by Crippen LogP contribution is -2.71. The summed E-state index contributed by atoms with van der Waals surface area (Å²) in [4.78, 5) is 57.7. The number of hydrogen-bond acceptors (Lipinski definition) is 10. The Hall–Kier alpha value is -5.27. The van der Waals surface area contributed by atoms with Crippen molar-refractivity contribution >= 4 is 70.4 Å². The van der Waals surface area contributed by atoms with E-state index < -0.39 is 50.9 Å². The third-order valence-corrected chi connectivity index (χ3v) is 22.7. The van der Waals surface area contributed by atoms with Crippen molar-refractivity contribution in [3.05, 3.63) is 157 Å². The number of β-lactam (4-membered cyclic amide) rings is 1. The smallest absolute Gasteiger partial charge is 0.356 e. The molecule has 0 unspecified atom stereocenters. The van der Waals surface area contributed by atoms with Crippen molar-refractivity contribution in [1.82, 2.24) is 19.3 Å². The van der Waals surface area contributed by atoms with Crippen LogP contribution in [0.5, 0.6) is 0 Å². The van der Waals surface area contributed by atoms with Crippen LogP contribution < -0.4 is 15.9 Å². The first-order valence-corrected chi connectivity index (χ1v) is 26.8. The van der Waals surface area contributed by atoms with Crippen LogP contribution in [0.3, 0.4) is 0 Å². The number of ether oxygens (including phenoxy) is 3. The largest absolute Gasteiger partial charge is 0.457 e. The third kappa shape index (κ3) is 8.07. The quantitative estimate of drug-likeness (QED) is 0.0170. The number of hydrogen-bond donors (Lipinski definition) is 0. The molecule has 334 valence electrons. The van der Waals surface area contributed by atoms with Crippen LogP contribution in [-0.4, -0.2) is 83.6 Å². The SMILES string of the molecule is C=CCOC(=O)C(N1C(=O)[C@H]([C@@H](C)O[Si](C)(C)C(C)(C)C)[C@H]1[C@@H](C)C(=O)c1cn2cnc(C(OC)(OC)c3cccnc3)c2s1)=P(c1ccccc1)(c1ccccc1)c1ccccc1. The normalized spacial score (nSPS) is 16.8. The summed E-state index contributed by atoms with van der Waals surface area (Å²) in [6.07, 6.45) is 7.63. The number of amides is 1. The van der Waals surface area contributed by atoms with E-state index in [2.05, 4.69) is 45.4 Å². The first-order chi connectivity index (χ1) is 30.6. The number of esters is 1. The number of pyridine rings is 1. The van der Waals surface area contributed by atoms with Crippen LogP contribution in [0.15, 0.2) is 141 Å². The van der Waals surface area contributed by atoms with Gasteiger partial charge in [-0.05, 0) is 47.0 Å². The number of fused-ring (bicyclic) bond motifs is 1. The molecule has 4 atom stereocenters. The van der Waals surface area contributed by atoms with Crippen molar-refractivity contribution in [3.8, 4) is 0 Å². The van der Waals surface area contributed by atoms with E-state index in [1.807, 2.05) is 111 Å². The number of carbonyl (C=O) groups is 3. The van der Waals surface area contributed by atoms with Gasteiger partial charge in [-0.15, -0.1) is 11.3 Å². The number of rotatable bonds is 17. The zero-order chi connectivity index (χ0) is 46.0. The Morgan fingerprint density at radius 1 is 0.891 bits per heavy atom. The van der Waals surface area contributed by atoms with Crippen LogP contribution in [-0.2, 0) is 34.0 Å². The van der Waals surface area contributed by atoms with E-state index in [1.165, 1.54) is 31.6 Å². The Morgan fingerprint density at radius 3 is 1.94 bits per heavy atom. The van der Waals surface area contributed by atoms with Crippen LogP contribution in [0.4, 0.5) is 0 Å². The molecule has 11 nitrogen and oxygen atoms in total. The monoisotopic (exact) mass is 916 g/mol. The molecule has 1 amide bonds. The van der Waals surface area contributed by atoms with Crippen molar-refractivity contribution in [1.29, 1.82) is 0 Å². The Balaban J connectivity index is 1.47. The molecule has 0 aliphatic carbocycles. The van der Waals surface area contributed by atoms with Crippen LogP contribution in [0.2, 0.25) is 18.1 Å². The molecule has 3 aromatic carbocycles. The molecule has 4 heterocycles. The molecule has 0 spiro atoms. The lowest BCUT2D eigenvalue weighted by atomic mass is 9.75. The number of thiazole rings is 1. The molecule has 64 heavy (non-hydrogen) atoms. The van der Waals surface area contributed by atoms with Gasteiger partial charge in [0, 0.05) is 51.2 Å². The fourth-order valence-corrected chi connectivity index (χ4v) is 15.6.